The Hall–Kier alpha value is -2.90. The molecule has 2 heterocycles. The minimum absolute atomic E-state index is 0.0211. The molecule has 0 spiro atoms. The van der Waals surface area contributed by atoms with Gasteiger partial charge in [-0.25, -0.2) is 9.78 Å². The summed E-state index contributed by atoms with van der Waals surface area (Å²) in [6.45, 7) is 4.62. The molecule has 116 valence electrons. The second-order valence-corrected chi connectivity index (χ2v) is 4.95. The number of nitrogens with two attached hydrogens (primary N) is 1. The fourth-order valence-electron chi connectivity index (χ4n) is 2.36. The highest BCUT2D eigenvalue weighted by atomic mass is 16.4. The topological polar surface area (TPSA) is 132 Å². The Kier molecular flexibility index (Phi) is 4.40. The van der Waals surface area contributed by atoms with Crippen molar-refractivity contribution >= 4 is 23.5 Å². The van der Waals surface area contributed by atoms with Gasteiger partial charge in [0, 0.05) is 30.9 Å². The van der Waals surface area contributed by atoms with E-state index in [1.807, 2.05) is 4.90 Å². The fourth-order valence-corrected chi connectivity index (χ4v) is 2.36. The smallest absolute Gasteiger partial charge is 0.338 e. The summed E-state index contributed by atoms with van der Waals surface area (Å²) in [5.41, 5.74) is 5.47. The Bertz CT molecular complexity index is 643. The van der Waals surface area contributed by atoms with Crippen LogP contribution < -0.4 is 16.0 Å². The van der Waals surface area contributed by atoms with E-state index in [-0.39, 0.29) is 28.9 Å². The normalized spacial score (nSPS) is 17.1. The molecule has 1 fully saturated rings. The van der Waals surface area contributed by atoms with E-state index in [9.17, 15) is 9.59 Å². The van der Waals surface area contributed by atoms with Gasteiger partial charge in [-0.3, -0.25) is 10.2 Å². The molecular weight excluding hydrogens is 286 g/mol. The third kappa shape index (κ3) is 3.22. The average molecular weight is 303 g/mol. The van der Waals surface area contributed by atoms with Crippen LogP contribution >= 0.6 is 0 Å². The number of aromatic nitrogens is 1. The van der Waals surface area contributed by atoms with Crippen LogP contribution in [-0.4, -0.2) is 46.9 Å². The van der Waals surface area contributed by atoms with Crippen molar-refractivity contribution in [3.8, 4) is 0 Å². The maximum Gasteiger partial charge on any atom is 0.338 e. The van der Waals surface area contributed by atoms with Crippen LogP contribution in [0, 0.1) is 5.41 Å². The molecule has 0 radical (unpaired) electrons. The van der Waals surface area contributed by atoms with E-state index in [4.69, 9.17) is 16.2 Å². The van der Waals surface area contributed by atoms with Gasteiger partial charge in [0.1, 0.15) is 11.7 Å². The number of amides is 1. The van der Waals surface area contributed by atoms with Gasteiger partial charge in [-0.15, -0.1) is 0 Å². The molecule has 22 heavy (non-hydrogen) atoms. The molecule has 1 saturated heterocycles. The molecule has 5 N–H and O–H groups in total. The highest BCUT2D eigenvalue weighted by Crippen LogP contribution is 2.21. The lowest BCUT2D eigenvalue weighted by molar-refractivity contribution is -0.117. The van der Waals surface area contributed by atoms with Crippen LogP contribution in [0.2, 0.25) is 0 Å². The zero-order valence-corrected chi connectivity index (χ0v) is 11.9. The lowest BCUT2D eigenvalue weighted by Gasteiger charge is -2.19. The first-order valence-electron chi connectivity index (χ1n) is 6.68. The highest BCUT2D eigenvalue weighted by Gasteiger charge is 2.25. The van der Waals surface area contributed by atoms with Crippen LogP contribution in [0.15, 0.2) is 24.9 Å². The summed E-state index contributed by atoms with van der Waals surface area (Å²) in [6, 6.07) is 1.47. The van der Waals surface area contributed by atoms with E-state index in [2.05, 4.69) is 16.9 Å². The van der Waals surface area contributed by atoms with Gasteiger partial charge in [0.15, 0.2) is 0 Å². The zero-order chi connectivity index (χ0) is 16.3. The molecule has 1 aliphatic rings. The number of carboxylic acids is 1. The fraction of sp³-hybridized carbons (Fsp3) is 0.286. The number of nitrogens with zero attached hydrogens (tertiary/aromatic N) is 2. The second-order valence-electron chi connectivity index (χ2n) is 4.95. The van der Waals surface area contributed by atoms with Crippen LogP contribution in [0.5, 0.6) is 0 Å². The molecule has 2 rings (SSSR count). The SMILES string of the molecule is C=CC(=O)N[C@H]1CCN(c2cc(C(=N)N)c(C(=O)O)cn2)C1. The number of nitrogens with one attached hydrogen (secondary N) is 2. The van der Waals surface area contributed by atoms with E-state index >= 15 is 0 Å². The van der Waals surface area contributed by atoms with Crippen molar-refractivity contribution in [1.82, 2.24) is 10.3 Å². The summed E-state index contributed by atoms with van der Waals surface area (Å²) in [4.78, 5) is 28.4. The zero-order valence-electron chi connectivity index (χ0n) is 11.9. The van der Waals surface area contributed by atoms with E-state index < -0.39 is 5.97 Å². The minimum atomic E-state index is -1.18. The number of carbonyl (C=O) groups is 2. The molecule has 1 atom stereocenters. The Morgan fingerprint density at radius 2 is 2.27 bits per heavy atom. The monoisotopic (exact) mass is 303 g/mol. The summed E-state index contributed by atoms with van der Waals surface area (Å²) >= 11 is 0. The maximum absolute atomic E-state index is 11.3. The molecule has 8 nitrogen and oxygen atoms in total. The van der Waals surface area contributed by atoms with Gasteiger partial charge in [-0.05, 0) is 18.6 Å². The predicted molar refractivity (Wildman–Crippen MR) is 81.2 cm³/mol. The third-order valence-corrected chi connectivity index (χ3v) is 3.45. The molecule has 0 aromatic carbocycles. The standard InChI is InChI=1S/C14H17N5O3/c1-2-12(20)18-8-3-4-19(7-8)11-5-9(13(15)16)10(6-17-11)14(21)22/h2,5-6,8H,1,3-4,7H2,(H3,15,16)(H,18,20)(H,21,22)/t8-/m0/s1. The van der Waals surface area contributed by atoms with Crippen molar-refractivity contribution in [2.45, 2.75) is 12.5 Å². The summed E-state index contributed by atoms with van der Waals surface area (Å²) < 4.78 is 0. The van der Waals surface area contributed by atoms with E-state index in [1.165, 1.54) is 18.3 Å². The number of rotatable bonds is 5. The van der Waals surface area contributed by atoms with Crippen molar-refractivity contribution in [3.63, 3.8) is 0 Å². The maximum atomic E-state index is 11.3. The number of amidine groups is 1. The summed E-state index contributed by atoms with van der Waals surface area (Å²) in [5, 5.41) is 19.4. The van der Waals surface area contributed by atoms with E-state index in [0.717, 1.165) is 6.42 Å². The van der Waals surface area contributed by atoms with E-state index in [0.29, 0.717) is 18.9 Å². The quantitative estimate of drug-likeness (QED) is 0.342. The number of carbonyl (C=O) groups excluding carboxylic acids is 1. The molecule has 1 aromatic rings. The molecule has 0 saturated carbocycles. The largest absolute Gasteiger partial charge is 0.478 e. The predicted octanol–water partition coefficient (Wildman–Crippen LogP) is -0.0552. The third-order valence-electron chi connectivity index (χ3n) is 3.45. The summed E-state index contributed by atoms with van der Waals surface area (Å²) in [5.74, 6) is -1.20. The molecule has 0 bridgehead atoms. The molecule has 8 heteroatoms. The van der Waals surface area contributed by atoms with Crippen LogP contribution in [0.3, 0.4) is 0 Å². The van der Waals surface area contributed by atoms with Crippen molar-refractivity contribution in [2.75, 3.05) is 18.0 Å². The highest BCUT2D eigenvalue weighted by molar-refractivity contribution is 6.05. The van der Waals surface area contributed by atoms with Crippen molar-refractivity contribution in [1.29, 1.82) is 5.41 Å². The Labute approximate surface area is 127 Å². The van der Waals surface area contributed by atoms with Crippen LogP contribution in [0.4, 0.5) is 5.82 Å². The number of hydrogen-bond acceptors (Lipinski definition) is 5. The number of anilines is 1. The summed E-state index contributed by atoms with van der Waals surface area (Å²) in [7, 11) is 0. The lowest BCUT2D eigenvalue weighted by atomic mass is 10.1. The number of hydrogen-bond donors (Lipinski definition) is 4. The van der Waals surface area contributed by atoms with Crippen LogP contribution in [0.1, 0.15) is 22.3 Å². The Morgan fingerprint density at radius 3 is 2.86 bits per heavy atom. The minimum Gasteiger partial charge on any atom is -0.478 e. The molecule has 0 aliphatic carbocycles. The molecular formula is C14H17N5O3. The molecule has 1 aromatic heterocycles. The van der Waals surface area contributed by atoms with Gasteiger partial charge < -0.3 is 21.1 Å². The van der Waals surface area contributed by atoms with Crippen LogP contribution in [0.25, 0.3) is 0 Å². The van der Waals surface area contributed by atoms with Gasteiger partial charge in [-0.2, -0.15) is 0 Å². The first-order valence-corrected chi connectivity index (χ1v) is 6.68. The summed E-state index contributed by atoms with van der Waals surface area (Å²) in [6.07, 6.45) is 3.16. The van der Waals surface area contributed by atoms with Crippen molar-refractivity contribution in [2.24, 2.45) is 5.73 Å². The second kappa shape index (κ2) is 6.25. The molecule has 0 unspecified atom stereocenters. The van der Waals surface area contributed by atoms with Crippen molar-refractivity contribution in [3.05, 3.63) is 36.0 Å². The van der Waals surface area contributed by atoms with Crippen molar-refractivity contribution < 1.29 is 14.7 Å². The van der Waals surface area contributed by atoms with E-state index in [1.54, 1.807) is 0 Å². The average Bonchev–Trinajstić information content (AvgIpc) is 2.94. The lowest BCUT2D eigenvalue weighted by Crippen LogP contribution is -2.36. The Morgan fingerprint density at radius 1 is 1.55 bits per heavy atom. The van der Waals surface area contributed by atoms with Gasteiger partial charge in [0.05, 0.1) is 5.56 Å². The number of aromatic carboxylic acids is 1. The number of carboxylic acid groups (broad SMARTS) is 1. The molecule has 1 amide bonds. The van der Waals surface area contributed by atoms with Gasteiger partial charge in [-0.1, -0.05) is 6.58 Å². The van der Waals surface area contributed by atoms with Gasteiger partial charge in [0.25, 0.3) is 0 Å². The van der Waals surface area contributed by atoms with Gasteiger partial charge >= 0.3 is 5.97 Å². The number of pyridine rings is 1. The number of nitrogen functional groups attached to an aromatic ring is 1. The van der Waals surface area contributed by atoms with Crippen LogP contribution in [-0.2, 0) is 4.79 Å². The molecule has 1 aliphatic heterocycles. The van der Waals surface area contributed by atoms with Gasteiger partial charge in [0.2, 0.25) is 5.91 Å². The first kappa shape index (κ1) is 15.5. The Balaban J connectivity index is 2.18. The first-order chi connectivity index (χ1) is 10.4.